The largest absolute Gasteiger partial charge is 0.330 e. The van der Waals surface area contributed by atoms with Gasteiger partial charge in [-0.1, -0.05) is 27.2 Å². The van der Waals surface area contributed by atoms with Crippen LogP contribution in [-0.4, -0.2) is 21.8 Å². The predicted molar refractivity (Wildman–Crippen MR) is 71.8 cm³/mol. The zero-order chi connectivity index (χ0) is 12.1. The third kappa shape index (κ3) is 4.17. The highest BCUT2D eigenvalue weighted by atomic mass is 32.2. The first-order valence-electron chi connectivity index (χ1n) is 6.61. The van der Waals surface area contributed by atoms with Gasteiger partial charge in [0.2, 0.25) is 0 Å². The molecule has 4 atom stereocenters. The second-order valence-electron chi connectivity index (χ2n) is 5.72. The molecule has 0 aromatic heterocycles. The lowest BCUT2D eigenvalue weighted by Gasteiger charge is -2.33. The topological polar surface area (TPSA) is 43.1 Å². The summed E-state index contributed by atoms with van der Waals surface area (Å²) in [6.45, 7) is 7.38. The van der Waals surface area contributed by atoms with Crippen molar-refractivity contribution in [2.75, 3.05) is 12.3 Å². The molecule has 1 aliphatic carbocycles. The Balaban J connectivity index is 2.49. The van der Waals surface area contributed by atoms with Crippen molar-refractivity contribution in [1.82, 2.24) is 0 Å². The van der Waals surface area contributed by atoms with Gasteiger partial charge >= 0.3 is 0 Å². The van der Waals surface area contributed by atoms with Gasteiger partial charge in [0, 0.05) is 21.8 Å². The summed E-state index contributed by atoms with van der Waals surface area (Å²) < 4.78 is 12.3. The molecule has 1 aliphatic rings. The predicted octanol–water partition coefficient (Wildman–Crippen LogP) is 2.54. The molecule has 3 heteroatoms. The van der Waals surface area contributed by atoms with Crippen molar-refractivity contribution in [1.29, 1.82) is 0 Å². The van der Waals surface area contributed by atoms with E-state index in [0.717, 1.165) is 24.5 Å². The van der Waals surface area contributed by atoms with Crippen molar-refractivity contribution in [3.05, 3.63) is 0 Å². The molecule has 4 unspecified atom stereocenters. The van der Waals surface area contributed by atoms with E-state index in [1.54, 1.807) is 0 Å². The summed E-state index contributed by atoms with van der Waals surface area (Å²) in [5.74, 6) is 2.76. The lowest BCUT2D eigenvalue weighted by molar-refractivity contribution is 0.301. The van der Waals surface area contributed by atoms with Crippen LogP contribution in [0.2, 0.25) is 0 Å². The molecular weight excluding hydrogens is 218 g/mol. The van der Waals surface area contributed by atoms with Crippen LogP contribution >= 0.6 is 0 Å². The van der Waals surface area contributed by atoms with Gasteiger partial charge < -0.3 is 5.73 Å². The van der Waals surface area contributed by atoms with E-state index in [0.29, 0.717) is 23.6 Å². The molecule has 16 heavy (non-hydrogen) atoms. The van der Waals surface area contributed by atoms with E-state index in [4.69, 9.17) is 5.73 Å². The summed E-state index contributed by atoms with van der Waals surface area (Å²) in [6.07, 6.45) is 4.64. The molecule has 0 aromatic rings. The quantitative estimate of drug-likeness (QED) is 0.809. The van der Waals surface area contributed by atoms with E-state index < -0.39 is 10.8 Å². The van der Waals surface area contributed by atoms with E-state index in [1.165, 1.54) is 12.8 Å². The van der Waals surface area contributed by atoms with Gasteiger partial charge in [-0.3, -0.25) is 4.21 Å². The molecule has 1 saturated carbocycles. The van der Waals surface area contributed by atoms with Crippen molar-refractivity contribution in [3.8, 4) is 0 Å². The van der Waals surface area contributed by atoms with E-state index in [2.05, 4.69) is 20.8 Å². The minimum atomic E-state index is -0.658. The van der Waals surface area contributed by atoms with Crippen LogP contribution in [0.1, 0.15) is 46.5 Å². The normalized spacial score (nSPS) is 32.9. The summed E-state index contributed by atoms with van der Waals surface area (Å²) >= 11 is 0. The average molecular weight is 245 g/mol. The molecular formula is C13H27NOS. The number of hydrogen-bond acceptors (Lipinski definition) is 2. The van der Waals surface area contributed by atoms with Gasteiger partial charge in [-0.2, -0.15) is 0 Å². The molecule has 0 amide bonds. The second-order valence-corrected chi connectivity index (χ2v) is 7.50. The van der Waals surface area contributed by atoms with E-state index >= 15 is 0 Å². The lowest BCUT2D eigenvalue weighted by atomic mass is 9.82. The van der Waals surface area contributed by atoms with Crippen LogP contribution in [0.5, 0.6) is 0 Å². The molecule has 2 nitrogen and oxygen atoms in total. The Morgan fingerprint density at radius 2 is 2.06 bits per heavy atom. The fraction of sp³-hybridized carbons (Fsp3) is 1.00. The van der Waals surface area contributed by atoms with Gasteiger partial charge in [0.15, 0.2) is 0 Å². The summed E-state index contributed by atoms with van der Waals surface area (Å²) in [4.78, 5) is 0. The first kappa shape index (κ1) is 14.2. The zero-order valence-electron chi connectivity index (χ0n) is 10.9. The summed E-state index contributed by atoms with van der Waals surface area (Å²) in [7, 11) is -0.658. The molecule has 0 bridgehead atoms. The zero-order valence-corrected chi connectivity index (χ0v) is 11.8. The van der Waals surface area contributed by atoms with Crippen LogP contribution in [0, 0.1) is 17.8 Å². The van der Waals surface area contributed by atoms with Gasteiger partial charge in [-0.25, -0.2) is 0 Å². The Bertz CT molecular complexity index is 230. The van der Waals surface area contributed by atoms with Crippen LogP contribution in [0.25, 0.3) is 0 Å². The smallest absolute Gasteiger partial charge is 0.0390 e. The van der Waals surface area contributed by atoms with E-state index in [9.17, 15) is 4.21 Å². The Kier molecular flexibility index (Phi) is 5.98. The van der Waals surface area contributed by atoms with Crippen molar-refractivity contribution in [2.45, 2.75) is 51.7 Å². The average Bonchev–Trinajstić information content (AvgIpc) is 2.25. The highest BCUT2D eigenvalue weighted by Crippen LogP contribution is 2.31. The number of nitrogens with two attached hydrogens (primary N) is 1. The van der Waals surface area contributed by atoms with Gasteiger partial charge in [0.1, 0.15) is 0 Å². The molecule has 1 rings (SSSR count). The minimum absolute atomic E-state index is 0.368. The number of rotatable bonds is 5. The maximum Gasteiger partial charge on any atom is 0.0390 e. The molecule has 0 heterocycles. The highest BCUT2D eigenvalue weighted by Gasteiger charge is 2.31. The van der Waals surface area contributed by atoms with Crippen LogP contribution < -0.4 is 5.73 Å². The van der Waals surface area contributed by atoms with Crippen LogP contribution in [0.4, 0.5) is 0 Å². The molecule has 0 aromatic carbocycles. The Morgan fingerprint density at radius 3 is 2.62 bits per heavy atom. The van der Waals surface area contributed by atoms with Crippen LogP contribution in [0.3, 0.4) is 0 Å². The first-order chi connectivity index (χ1) is 7.54. The van der Waals surface area contributed by atoms with Crippen molar-refractivity contribution in [3.63, 3.8) is 0 Å². The third-order valence-electron chi connectivity index (χ3n) is 3.73. The van der Waals surface area contributed by atoms with Gasteiger partial charge in [0.05, 0.1) is 0 Å². The maximum atomic E-state index is 12.3. The van der Waals surface area contributed by atoms with Gasteiger partial charge in [-0.05, 0) is 43.6 Å². The fourth-order valence-electron chi connectivity index (χ4n) is 2.49. The Morgan fingerprint density at radius 1 is 1.38 bits per heavy atom. The summed E-state index contributed by atoms with van der Waals surface area (Å²) in [5, 5.41) is 0.368. The molecule has 2 N–H and O–H groups in total. The summed E-state index contributed by atoms with van der Waals surface area (Å²) in [6, 6.07) is 0. The van der Waals surface area contributed by atoms with Gasteiger partial charge in [-0.15, -0.1) is 0 Å². The maximum absolute atomic E-state index is 12.3. The van der Waals surface area contributed by atoms with E-state index in [1.807, 2.05) is 0 Å². The lowest BCUT2D eigenvalue weighted by Crippen LogP contribution is -2.37. The fourth-order valence-corrected chi connectivity index (χ4v) is 4.71. The molecule has 0 radical (unpaired) electrons. The third-order valence-corrected chi connectivity index (χ3v) is 5.62. The highest BCUT2D eigenvalue weighted by molar-refractivity contribution is 7.85. The molecule has 0 saturated heterocycles. The van der Waals surface area contributed by atoms with Crippen LogP contribution in [0.15, 0.2) is 0 Å². The van der Waals surface area contributed by atoms with Crippen LogP contribution in [-0.2, 0) is 10.8 Å². The molecule has 0 spiro atoms. The first-order valence-corrected chi connectivity index (χ1v) is 8.00. The minimum Gasteiger partial charge on any atom is -0.330 e. The SMILES string of the molecule is CC(C)CCS(=O)C1CC(C)CCC1CN. The second kappa shape index (κ2) is 6.75. The molecule has 0 aliphatic heterocycles. The Labute approximate surface area is 103 Å². The molecule has 96 valence electrons. The monoisotopic (exact) mass is 245 g/mol. The van der Waals surface area contributed by atoms with E-state index in [-0.39, 0.29) is 0 Å². The Hall–Kier alpha value is 0.110. The standard InChI is InChI=1S/C13H27NOS/c1-10(2)6-7-16(15)13-8-11(3)4-5-12(13)9-14/h10-13H,4-9,14H2,1-3H3. The van der Waals surface area contributed by atoms with Crippen molar-refractivity contribution < 1.29 is 4.21 Å². The summed E-state index contributed by atoms with van der Waals surface area (Å²) in [5.41, 5.74) is 5.80. The number of hydrogen-bond donors (Lipinski definition) is 1. The molecule has 1 fully saturated rings. The van der Waals surface area contributed by atoms with Crippen molar-refractivity contribution >= 4 is 10.8 Å². The van der Waals surface area contributed by atoms with Crippen molar-refractivity contribution in [2.24, 2.45) is 23.5 Å². The van der Waals surface area contributed by atoms with Gasteiger partial charge in [0.25, 0.3) is 0 Å².